The van der Waals surface area contributed by atoms with Crippen LogP contribution in [0.25, 0.3) is 11.3 Å². The second-order valence-electron chi connectivity index (χ2n) is 9.74. The van der Waals surface area contributed by atoms with Gasteiger partial charge in [0, 0.05) is 36.4 Å². The minimum atomic E-state index is -0.455. The summed E-state index contributed by atoms with van der Waals surface area (Å²) in [6, 6.07) is 8.30. The van der Waals surface area contributed by atoms with Gasteiger partial charge in [0.1, 0.15) is 16.6 Å². The van der Waals surface area contributed by atoms with Crippen molar-refractivity contribution < 1.29 is 9.53 Å². The molecule has 1 atom stereocenters. The summed E-state index contributed by atoms with van der Waals surface area (Å²) in [5.41, 5.74) is 5.10. The molecule has 0 amide bonds. The Balaban J connectivity index is 1.47. The maximum Gasteiger partial charge on any atom is 0.331 e. The fraction of sp³-hybridized carbons (Fsp3) is 0.462. The van der Waals surface area contributed by atoms with Crippen molar-refractivity contribution in [2.75, 3.05) is 6.54 Å². The van der Waals surface area contributed by atoms with Crippen LogP contribution >= 0.6 is 11.6 Å². The molecule has 0 saturated heterocycles. The number of halogens is 1. The van der Waals surface area contributed by atoms with Gasteiger partial charge >= 0.3 is 5.97 Å². The largest absolute Gasteiger partial charge is 0.457 e. The number of carbonyl (C=O) groups is 1. The first-order valence-corrected chi connectivity index (χ1v) is 11.6. The van der Waals surface area contributed by atoms with Crippen LogP contribution in [0, 0.1) is 12.8 Å². The number of aryl methyl sites for hydroxylation is 1. The molecule has 1 fully saturated rings. The summed E-state index contributed by atoms with van der Waals surface area (Å²) in [5, 5.41) is 0.453. The molecule has 1 unspecified atom stereocenters. The van der Waals surface area contributed by atoms with Gasteiger partial charge < -0.3 is 4.74 Å². The number of esters is 1. The highest BCUT2D eigenvalue weighted by molar-refractivity contribution is 6.29. The second-order valence-corrected chi connectivity index (χ2v) is 10.1. The molecule has 32 heavy (non-hydrogen) atoms. The molecular weight excluding hydrogens is 422 g/mol. The summed E-state index contributed by atoms with van der Waals surface area (Å²) >= 11 is 6.13. The molecule has 0 N–H and O–H groups in total. The quantitative estimate of drug-likeness (QED) is 0.322. The van der Waals surface area contributed by atoms with E-state index in [1.165, 1.54) is 11.1 Å². The van der Waals surface area contributed by atoms with Crippen molar-refractivity contribution in [1.29, 1.82) is 0 Å². The van der Waals surface area contributed by atoms with Crippen molar-refractivity contribution in [3.05, 3.63) is 58.0 Å². The van der Waals surface area contributed by atoms with Crippen LogP contribution in [-0.4, -0.2) is 34.3 Å². The van der Waals surface area contributed by atoms with E-state index in [1.54, 1.807) is 12.1 Å². The Bertz CT molecular complexity index is 1050. The number of ether oxygens (including phenoxy) is 1. The van der Waals surface area contributed by atoms with Gasteiger partial charge in [-0.3, -0.25) is 4.99 Å². The molecule has 168 valence electrons. The lowest BCUT2D eigenvalue weighted by Gasteiger charge is -2.33. The normalized spacial score (nSPS) is 20.6. The van der Waals surface area contributed by atoms with Gasteiger partial charge in [-0.25, -0.2) is 14.8 Å². The van der Waals surface area contributed by atoms with Crippen LogP contribution in [0.5, 0.6) is 0 Å². The molecule has 1 saturated carbocycles. The Hall–Kier alpha value is -2.53. The fourth-order valence-electron chi connectivity index (χ4n) is 4.68. The van der Waals surface area contributed by atoms with Gasteiger partial charge in [-0.1, -0.05) is 29.3 Å². The zero-order chi connectivity index (χ0) is 22.9. The Morgan fingerprint density at radius 2 is 1.91 bits per heavy atom. The fourth-order valence-corrected chi connectivity index (χ4v) is 4.91. The van der Waals surface area contributed by atoms with Crippen LogP contribution < -0.4 is 0 Å². The predicted molar refractivity (Wildman–Crippen MR) is 128 cm³/mol. The summed E-state index contributed by atoms with van der Waals surface area (Å²) in [4.78, 5) is 25.5. The number of fused-ring (bicyclic) bond motifs is 1. The third-order valence-electron chi connectivity index (χ3n) is 6.09. The summed E-state index contributed by atoms with van der Waals surface area (Å²) < 4.78 is 5.44. The molecule has 0 spiro atoms. The Kier molecular flexibility index (Phi) is 6.47. The number of allylic oxidation sites excluding steroid dienone is 1. The highest BCUT2D eigenvalue weighted by Crippen LogP contribution is 2.41. The molecule has 1 aromatic carbocycles. The summed E-state index contributed by atoms with van der Waals surface area (Å²) in [6.07, 6.45) is 7.69. The topological polar surface area (TPSA) is 64.4 Å². The first-order valence-electron chi connectivity index (χ1n) is 11.3. The molecule has 0 bridgehead atoms. The zero-order valence-electron chi connectivity index (χ0n) is 19.2. The third kappa shape index (κ3) is 5.44. The van der Waals surface area contributed by atoms with Crippen molar-refractivity contribution >= 4 is 23.8 Å². The number of hydrogen-bond acceptors (Lipinski definition) is 5. The minimum Gasteiger partial charge on any atom is -0.457 e. The lowest BCUT2D eigenvalue weighted by Crippen LogP contribution is -2.24. The van der Waals surface area contributed by atoms with Crippen molar-refractivity contribution in [2.24, 2.45) is 10.9 Å². The first-order chi connectivity index (χ1) is 15.2. The second kappa shape index (κ2) is 9.14. The average Bonchev–Trinajstić information content (AvgIpc) is 2.71. The monoisotopic (exact) mass is 451 g/mol. The third-order valence-corrected chi connectivity index (χ3v) is 6.29. The summed E-state index contributed by atoms with van der Waals surface area (Å²) in [6.45, 7) is 8.36. The van der Waals surface area contributed by atoms with E-state index in [9.17, 15) is 4.79 Å². The summed E-state index contributed by atoms with van der Waals surface area (Å²) in [7, 11) is 0. The number of aliphatic imine (C=N–C) groups is 1. The molecule has 4 rings (SSSR count). The van der Waals surface area contributed by atoms with Crippen molar-refractivity contribution in [1.82, 2.24) is 9.97 Å². The highest BCUT2D eigenvalue weighted by atomic mass is 35.5. The van der Waals surface area contributed by atoms with Crippen LogP contribution in [0.2, 0.25) is 5.15 Å². The van der Waals surface area contributed by atoms with Gasteiger partial charge in [0.05, 0.1) is 5.69 Å². The van der Waals surface area contributed by atoms with Gasteiger partial charge in [0.2, 0.25) is 0 Å². The first kappa shape index (κ1) is 22.7. The molecule has 2 aliphatic rings. The van der Waals surface area contributed by atoms with Gasteiger partial charge in [0.15, 0.2) is 0 Å². The van der Waals surface area contributed by atoms with Crippen molar-refractivity contribution in [2.45, 2.75) is 64.9 Å². The number of benzene rings is 1. The van der Waals surface area contributed by atoms with E-state index >= 15 is 0 Å². The van der Waals surface area contributed by atoms with E-state index in [1.807, 2.05) is 33.9 Å². The Morgan fingerprint density at radius 1 is 1.16 bits per heavy atom. The smallest absolute Gasteiger partial charge is 0.331 e. The van der Waals surface area contributed by atoms with Crippen LogP contribution in [-0.2, 0) is 9.53 Å². The van der Waals surface area contributed by atoms with Gasteiger partial charge in [-0.05, 0) is 76.5 Å². The molecule has 2 aromatic rings. The lowest BCUT2D eigenvalue weighted by atomic mass is 9.73. The maximum atomic E-state index is 12.1. The molecule has 1 aromatic heterocycles. The molecule has 1 aliphatic heterocycles. The number of carbonyl (C=O) groups excluding carboxylic acids is 1. The van der Waals surface area contributed by atoms with E-state index in [0.717, 1.165) is 49.0 Å². The van der Waals surface area contributed by atoms with E-state index < -0.39 is 5.60 Å². The van der Waals surface area contributed by atoms with Gasteiger partial charge in [-0.2, -0.15) is 0 Å². The zero-order valence-corrected chi connectivity index (χ0v) is 19.9. The SMILES string of the molecule is Cc1nc(Cl)cc(-c2ccc3c(c2)C=NCC3C2CCC(=CC(=O)OC(C)(C)C)CC2)n1. The summed E-state index contributed by atoms with van der Waals surface area (Å²) in [5.74, 6) is 1.40. The standard InChI is InChI=1S/C26H30ClN3O2/c1-16-29-23(13-24(27)30-16)19-9-10-21-20(12-19)14-28-15-22(21)18-7-5-17(6-8-18)11-25(31)32-26(2,3)4/h9-14,18,22H,5-8,15H2,1-4H3. The minimum absolute atomic E-state index is 0.230. The Labute approximate surface area is 195 Å². The highest BCUT2D eigenvalue weighted by Gasteiger charge is 2.30. The average molecular weight is 452 g/mol. The molecule has 0 radical (unpaired) electrons. The van der Waals surface area contributed by atoms with Gasteiger partial charge in [-0.15, -0.1) is 0 Å². The number of hydrogen-bond donors (Lipinski definition) is 0. The van der Waals surface area contributed by atoms with E-state index in [-0.39, 0.29) is 5.97 Å². The number of nitrogens with zero attached hydrogens (tertiary/aromatic N) is 3. The lowest BCUT2D eigenvalue weighted by molar-refractivity contribution is -0.148. The number of aromatic nitrogens is 2. The molecular formula is C26H30ClN3O2. The molecule has 5 nitrogen and oxygen atoms in total. The van der Waals surface area contributed by atoms with Crippen LogP contribution in [0.4, 0.5) is 0 Å². The molecule has 1 aliphatic carbocycles. The van der Waals surface area contributed by atoms with Crippen LogP contribution in [0.15, 0.2) is 40.9 Å². The molecule has 2 heterocycles. The predicted octanol–water partition coefficient (Wildman–Crippen LogP) is 6.08. The van der Waals surface area contributed by atoms with E-state index in [4.69, 9.17) is 16.3 Å². The van der Waals surface area contributed by atoms with Crippen molar-refractivity contribution in [3.8, 4) is 11.3 Å². The molecule has 6 heteroatoms. The van der Waals surface area contributed by atoms with Crippen LogP contribution in [0.1, 0.15) is 69.3 Å². The van der Waals surface area contributed by atoms with Gasteiger partial charge in [0.25, 0.3) is 0 Å². The number of rotatable bonds is 3. The van der Waals surface area contributed by atoms with Crippen LogP contribution in [0.3, 0.4) is 0 Å². The van der Waals surface area contributed by atoms with E-state index in [2.05, 4.69) is 33.2 Å². The Morgan fingerprint density at radius 3 is 2.59 bits per heavy atom. The van der Waals surface area contributed by atoms with E-state index in [0.29, 0.717) is 22.8 Å². The maximum absolute atomic E-state index is 12.1. The van der Waals surface area contributed by atoms with Crippen molar-refractivity contribution in [3.63, 3.8) is 0 Å².